The Kier molecular flexibility index (Phi) is 5.30. The molecule has 5 nitrogen and oxygen atoms in total. The Bertz CT molecular complexity index is 776. The number of phenolic OH excluding ortho intramolecular Hbond substituents is 1. The summed E-state index contributed by atoms with van der Waals surface area (Å²) in [5, 5.41) is 13.5. The zero-order valence-electron chi connectivity index (χ0n) is 18.2. The maximum absolute atomic E-state index is 12.6. The van der Waals surface area contributed by atoms with Crippen molar-refractivity contribution in [3.05, 3.63) is 23.8 Å². The van der Waals surface area contributed by atoms with Gasteiger partial charge in [-0.25, -0.2) is 0 Å². The number of nitrogens with one attached hydrogen (secondary N) is 1. The Hall–Kier alpha value is -1.75. The maximum Gasteiger partial charge on any atom is 0.220 e. The van der Waals surface area contributed by atoms with Gasteiger partial charge < -0.3 is 19.9 Å². The smallest absolute Gasteiger partial charge is 0.220 e. The van der Waals surface area contributed by atoms with Crippen molar-refractivity contribution in [2.24, 2.45) is 22.7 Å². The number of fused-ring (bicyclic) bond motifs is 1. The van der Waals surface area contributed by atoms with E-state index in [4.69, 9.17) is 9.47 Å². The lowest BCUT2D eigenvalue weighted by atomic mass is 9.59. The Labute approximate surface area is 174 Å². The van der Waals surface area contributed by atoms with E-state index in [9.17, 15) is 9.90 Å². The quantitative estimate of drug-likeness (QED) is 0.732. The highest BCUT2D eigenvalue weighted by Crippen LogP contribution is 2.70. The van der Waals surface area contributed by atoms with Crippen LogP contribution in [-0.2, 0) is 9.53 Å². The second-order valence-electron chi connectivity index (χ2n) is 9.75. The van der Waals surface area contributed by atoms with E-state index in [1.54, 1.807) is 6.07 Å². The average Bonchev–Trinajstić information content (AvgIpc) is 3.17. The number of phenols is 1. The van der Waals surface area contributed by atoms with Gasteiger partial charge in [0.1, 0.15) is 0 Å². The number of benzene rings is 1. The molecule has 1 heterocycles. The maximum atomic E-state index is 12.6. The largest absolute Gasteiger partial charge is 0.504 e. The fourth-order valence-electron chi connectivity index (χ4n) is 6.56. The minimum atomic E-state index is -0.0183. The third kappa shape index (κ3) is 3.22. The van der Waals surface area contributed by atoms with E-state index >= 15 is 0 Å². The van der Waals surface area contributed by atoms with Crippen LogP contribution in [0.5, 0.6) is 11.5 Å². The van der Waals surface area contributed by atoms with Crippen LogP contribution >= 0.6 is 0 Å². The summed E-state index contributed by atoms with van der Waals surface area (Å²) in [7, 11) is 0. The van der Waals surface area contributed by atoms with E-state index in [2.05, 4.69) is 26.1 Å². The summed E-state index contributed by atoms with van der Waals surface area (Å²) < 4.78 is 11.9. The highest BCUT2D eigenvalue weighted by Gasteiger charge is 2.68. The molecule has 1 aromatic carbocycles. The van der Waals surface area contributed by atoms with Crippen LogP contribution in [0.3, 0.4) is 0 Å². The summed E-state index contributed by atoms with van der Waals surface area (Å²) in [6.45, 7) is 9.85. The standard InChI is InChI=1S/C24H35NO4/c1-5-7-20(27)25-22-23(3,4)16-13-17-21(29-11-10-24(17,22)14-16)15-8-9-18(26)19(12-15)28-6-2/h8-9,12,16-17,21-22,26H,5-7,10-11,13-14H2,1-4H3,(H,25,27)/t16-,17-,21-,22-,24?/m1/s1. The van der Waals surface area contributed by atoms with E-state index in [0.717, 1.165) is 31.2 Å². The van der Waals surface area contributed by atoms with E-state index in [-0.39, 0.29) is 34.6 Å². The van der Waals surface area contributed by atoms with Crippen LogP contribution in [-0.4, -0.2) is 30.3 Å². The van der Waals surface area contributed by atoms with Crippen LogP contribution in [0.2, 0.25) is 0 Å². The van der Waals surface area contributed by atoms with E-state index < -0.39 is 0 Å². The monoisotopic (exact) mass is 401 g/mol. The van der Waals surface area contributed by atoms with Gasteiger partial charge in [0.25, 0.3) is 0 Å². The highest BCUT2D eigenvalue weighted by molar-refractivity contribution is 5.76. The molecule has 0 aromatic heterocycles. The van der Waals surface area contributed by atoms with Gasteiger partial charge >= 0.3 is 0 Å². The SMILES string of the molecule is CCCC(=O)N[C@@H]1C(C)(C)[C@@H]2C[C@@H]3[C@@H](c4ccc(O)c(OCC)c4)OCCC31C2. The number of hydrogen-bond acceptors (Lipinski definition) is 4. The average molecular weight is 402 g/mol. The fraction of sp³-hybridized carbons (Fsp3) is 0.708. The van der Waals surface area contributed by atoms with Crippen molar-refractivity contribution < 1.29 is 19.4 Å². The molecule has 2 bridgehead atoms. The number of aromatic hydroxyl groups is 1. The van der Waals surface area contributed by atoms with Gasteiger partial charge in [-0.05, 0) is 73.0 Å². The Morgan fingerprint density at radius 1 is 1.34 bits per heavy atom. The lowest BCUT2D eigenvalue weighted by molar-refractivity contribution is -0.137. The molecule has 1 saturated heterocycles. The first-order chi connectivity index (χ1) is 13.8. The number of amides is 1. The van der Waals surface area contributed by atoms with Gasteiger partial charge in [-0.1, -0.05) is 26.8 Å². The fourth-order valence-corrected chi connectivity index (χ4v) is 6.56. The molecule has 5 heteroatoms. The summed E-state index contributed by atoms with van der Waals surface area (Å²) in [6.07, 6.45) is 4.74. The molecule has 0 radical (unpaired) electrons. The van der Waals surface area contributed by atoms with E-state index in [0.29, 0.717) is 37.2 Å². The molecule has 3 aliphatic rings. The predicted molar refractivity (Wildman–Crippen MR) is 112 cm³/mol. The number of rotatable bonds is 6. The molecule has 1 spiro atoms. The van der Waals surface area contributed by atoms with Crippen LogP contribution in [0.1, 0.15) is 71.5 Å². The van der Waals surface area contributed by atoms with Crippen molar-refractivity contribution in [2.45, 2.75) is 71.9 Å². The second kappa shape index (κ2) is 7.50. The van der Waals surface area contributed by atoms with Crippen molar-refractivity contribution in [3.8, 4) is 11.5 Å². The van der Waals surface area contributed by atoms with Gasteiger partial charge in [-0.15, -0.1) is 0 Å². The molecule has 1 unspecified atom stereocenters. The third-order valence-corrected chi connectivity index (χ3v) is 7.90. The van der Waals surface area contributed by atoms with E-state index in [1.807, 2.05) is 19.1 Å². The van der Waals surface area contributed by atoms with Crippen molar-refractivity contribution in [2.75, 3.05) is 13.2 Å². The normalized spacial score (nSPS) is 34.6. The Morgan fingerprint density at radius 3 is 2.86 bits per heavy atom. The molecule has 2 aliphatic carbocycles. The van der Waals surface area contributed by atoms with Gasteiger partial charge in [0.2, 0.25) is 5.91 Å². The van der Waals surface area contributed by atoms with Gasteiger partial charge in [-0.3, -0.25) is 4.79 Å². The molecule has 5 atom stereocenters. The number of ether oxygens (including phenoxy) is 2. The van der Waals surface area contributed by atoms with Crippen LogP contribution in [0.15, 0.2) is 18.2 Å². The first-order valence-corrected chi connectivity index (χ1v) is 11.2. The van der Waals surface area contributed by atoms with Crippen molar-refractivity contribution in [3.63, 3.8) is 0 Å². The molecule has 2 saturated carbocycles. The van der Waals surface area contributed by atoms with Crippen molar-refractivity contribution >= 4 is 5.91 Å². The molecule has 1 amide bonds. The predicted octanol–water partition coefficient (Wildman–Crippen LogP) is 4.59. The summed E-state index contributed by atoms with van der Waals surface area (Å²) in [5.41, 5.74) is 1.26. The summed E-state index contributed by atoms with van der Waals surface area (Å²) in [5.74, 6) is 1.83. The molecule has 29 heavy (non-hydrogen) atoms. The summed E-state index contributed by atoms with van der Waals surface area (Å²) >= 11 is 0. The van der Waals surface area contributed by atoms with E-state index in [1.165, 1.54) is 0 Å². The third-order valence-electron chi connectivity index (χ3n) is 7.90. The second-order valence-corrected chi connectivity index (χ2v) is 9.75. The lowest BCUT2D eigenvalue weighted by Crippen LogP contribution is -2.58. The van der Waals surface area contributed by atoms with Crippen LogP contribution in [0.25, 0.3) is 0 Å². The van der Waals surface area contributed by atoms with Crippen LogP contribution < -0.4 is 10.1 Å². The van der Waals surface area contributed by atoms with Gasteiger partial charge in [-0.2, -0.15) is 0 Å². The molecule has 3 fully saturated rings. The molecular weight excluding hydrogens is 366 g/mol. The zero-order chi connectivity index (χ0) is 20.8. The van der Waals surface area contributed by atoms with Crippen molar-refractivity contribution in [1.29, 1.82) is 0 Å². The Balaban J connectivity index is 1.66. The lowest BCUT2D eigenvalue weighted by Gasteiger charge is -2.53. The minimum absolute atomic E-state index is 0.0183. The number of carbonyl (C=O) groups excluding carboxylic acids is 1. The molecule has 4 rings (SSSR count). The van der Waals surface area contributed by atoms with Crippen molar-refractivity contribution in [1.82, 2.24) is 5.32 Å². The summed E-state index contributed by atoms with van der Waals surface area (Å²) in [6, 6.07) is 5.80. The zero-order valence-corrected chi connectivity index (χ0v) is 18.2. The van der Waals surface area contributed by atoms with Crippen LogP contribution in [0.4, 0.5) is 0 Å². The molecular formula is C24H35NO4. The molecule has 1 aromatic rings. The molecule has 2 N–H and O–H groups in total. The minimum Gasteiger partial charge on any atom is -0.504 e. The first kappa shape index (κ1) is 20.5. The topological polar surface area (TPSA) is 67.8 Å². The summed E-state index contributed by atoms with van der Waals surface area (Å²) in [4.78, 5) is 12.6. The highest BCUT2D eigenvalue weighted by atomic mass is 16.5. The number of carbonyl (C=O) groups is 1. The molecule has 1 aliphatic heterocycles. The van der Waals surface area contributed by atoms with Gasteiger partial charge in [0, 0.05) is 19.1 Å². The number of hydrogen-bond donors (Lipinski definition) is 2. The Morgan fingerprint density at radius 2 is 2.14 bits per heavy atom. The van der Waals surface area contributed by atoms with Gasteiger partial charge in [0.15, 0.2) is 11.5 Å². The van der Waals surface area contributed by atoms with Gasteiger partial charge in [0.05, 0.1) is 12.7 Å². The first-order valence-electron chi connectivity index (χ1n) is 11.2. The molecule has 160 valence electrons. The van der Waals surface area contributed by atoms with Crippen LogP contribution in [0, 0.1) is 22.7 Å².